The first-order chi connectivity index (χ1) is 18.5. The number of imide groups is 1. The summed E-state index contributed by atoms with van der Waals surface area (Å²) in [5.74, 6) is 0.112. The Hall–Kier alpha value is -4.59. The average Bonchev–Trinajstić information content (AvgIpc) is 3.61. The smallest absolute Gasteiger partial charge is 0.262 e. The fourth-order valence-corrected chi connectivity index (χ4v) is 5.22. The van der Waals surface area contributed by atoms with E-state index in [0.29, 0.717) is 30.0 Å². The maximum atomic E-state index is 13.5. The molecule has 1 aliphatic heterocycles. The van der Waals surface area contributed by atoms with Crippen LogP contribution < -0.4 is 0 Å². The van der Waals surface area contributed by atoms with Gasteiger partial charge in [-0.05, 0) is 35.7 Å². The fraction of sp³-hybridized carbons (Fsp3) is 0.233. The molecule has 6 rings (SSSR count). The highest BCUT2D eigenvalue weighted by molar-refractivity contribution is 6.21. The third kappa shape index (κ3) is 4.08. The van der Waals surface area contributed by atoms with Crippen LogP contribution >= 0.6 is 0 Å². The highest BCUT2D eigenvalue weighted by Gasteiger charge is 2.44. The number of para-hydroxylation sites is 2. The molecule has 0 spiro atoms. The van der Waals surface area contributed by atoms with Gasteiger partial charge in [0.15, 0.2) is 0 Å². The van der Waals surface area contributed by atoms with E-state index in [0.717, 1.165) is 28.7 Å². The van der Waals surface area contributed by atoms with Crippen LogP contribution in [0.2, 0.25) is 0 Å². The first-order valence-electron chi connectivity index (χ1n) is 12.9. The molecule has 1 unspecified atom stereocenters. The van der Waals surface area contributed by atoms with Crippen LogP contribution in [-0.4, -0.2) is 41.3 Å². The molecule has 0 radical (unpaired) electrons. The predicted octanol–water partition coefficient (Wildman–Crippen LogP) is 5.11. The highest BCUT2D eigenvalue weighted by atomic mass is 16.2. The second kappa shape index (κ2) is 9.70. The first-order valence-corrected chi connectivity index (χ1v) is 12.9. The lowest BCUT2D eigenvalue weighted by Gasteiger charge is -2.31. The van der Waals surface area contributed by atoms with Crippen LogP contribution in [0.15, 0.2) is 85.1 Å². The number of aromatic nitrogens is 5. The second-order valence-electron chi connectivity index (χ2n) is 9.79. The first kappa shape index (κ1) is 23.8. The largest absolute Gasteiger partial charge is 0.320 e. The predicted molar refractivity (Wildman–Crippen MR) is 144 cm³/mol. The van der Waals surface area contributed by atoms with Crippen molar-refractivity contribution in [2.75, 3.05) is 0 Å². The summed E-state index contributed by atoms with van der Waals surface area (Å²) in [6.07, 6.45) is 2.71. The lowest BCUT2D eigenvalue weighted by atomic mass is 9.96. The van der Waals surface area contributed by atoms with Crippen LogP contribution in [0.4, 0.5) is 0 Å². The molecule has 0 saturated heterocycles. The van der Waals surface area contributed by atoms with Gasteiger partial charge < -0.3 is 4.57 Å². The van der Waals surface area contributed by atoms with Gasteiger partial charge in [0.1, 0.15) is 17.6 Å². The number of rotatable bonds is 8. The van der Waals surface area contributed by atoms with Gasteiger partial charge in [-0.2, -0.15) is 0 Å². The van der Waals surface area contributed by atoms with E-state index in [-0.39, 0.29) is 17.7 Å². The van der Waals surface area contributed by atoms with Crippen molar-refractivity contribution < 1.29 is 9.59 Å². The summed E-state index contributed by atoms with van der Waals surface area (Å²) in [4.78, 5) is 33.5. The molecule has 3 heterocycles. The number of benzene rings is 3. The van der Waals surface area contributed by atoms with Crippen molar-refractivity contribution >= 4 is 22.8 Å². The molecule has 8 heteroatoms. The van der Waals surface area contributed by atoms with Crippen LogP contribution in [-0.2, 0) is 13.1 Å². The molecule has 2 amide bonds. The molecule has 190 valence electrons. The zero-order valence-corrected chi connectivity index (χ0v) is 21.4. The Bertz CT molecular complexity index is 1600. The van der Waals surface area contributed by atoms with Crippen LogP contribution in [0.5, 0.6) is 0 Å². The fourth-order valence-electron chi connectivity index (χ4n) is 5.22. The summed E-state index contributed by atoms with van der Waals surface area (Å²) in [5, 5.41) is 8.78. The topological polar surface area (TPSA) is 85.9 Å². The van der Waals surface area contributed by atoms with Gasteiger partial charge in [-0.3, -0.25) is 14.5 Å². The van der Waals surface area contributed by atoms with E-state index in [1.165, 1.54) is 4.90 Å². The van der Waals surface area contributed by atoms with E-state index >= 15 is 0 Å². The Morgan fingerprint density at radius 1 is 0.816 bits per heavy atom. The van der Waals surface area contributed by atoms with Crippen LogP contribution in [0.3, 0.4) is 0 Å². The summed E-state index contributed by atoms with van der Waals surface area (Å²) in [5.41, 5.74) is 4.53. The van der Waals surface area contributed by atoms with E-state index in [9.17, 15) is 9.59 Å². The van der Waals surface area contributed by atoms with E-state index in [2.05, 4.69) is 40.9 Å². The Balaban J connectivity index is 1.41. The monoisotopic (exact) mass is 504 g/mol. The maximum absolute atomic E-state index is 13.5. The Morgan fingerprint density at radius 3 is 2.18 bits per heavy atom. The second-order valence-corrected chi connectivity index (χ2v) is 9.79. The van der Waals surface area contributed by atoms with Crippen molar-refractivity contribution in [1.29, 1.82) is 0 Å². The van der Waals surface area contributed by atoms with Gasteiger partial charge >= 0.3 is 0 Å². The third-order valence-electron chi connectivity index (χ3n) is 7.33. The van der Waals surface area contributed by atoms with Crippen molar-refractivity contribution in [3.05, 3.63) is 113 Å². The molecular weight excluding hydrogens is 476 g/mol. The van der Waals surface area contributed by atoms with E-state index < -0.39 is 6.04 Å². The lowest BCUT2D eigenvalue weighted by molar-refractivity contribution is 0.0514. The van der Waals surface area contributed by atoms with Gasteiger partial charge in [0.25, 0.3) is 11.8 Å². The Labute approximate surface area is 220 Å². The molecule has 3 aromatic carbocycles. The molecule has 1 aliphatic rings. The molecule has 38 heavy (non-hydrogen) atoms. The van der Waals surface area contributed by atoms with Crippen molar-refractivity contribution in [3.8, 4) is 0 Å². The normalized spacial score (nSPS) is 14.7. The minimum Gasteiger partial charge on any atom is -0.320 e. The molecule has 2 aromatic heterocycles. The zero-order valence-electron chi connectivity index (χ0n) is 21.4. The summed E-state index contributed by atoms with van der Waals surface area (Å²) < 4.78 is 3.90. The van der Waals surface area contributed by atoms with Crippen molar-refractivity contribution in [2.24, 2.45) is 5.92 Å². The number of amides is 2. The molecule has 0 saturated carbocycles. The van der Waals surface area contributed by atoms with Crippen molar-refractivity contribution in [2.45, 2.75) is 39.4 Å². The molecule has 0 fully saturated rings. The zero-order chi connectivity index (χ0) is 26.2. The Morgan fingerprint density at radius 2 is 1.47 bits per heavy atom. The summed E-state index contributed by atoms with van der Waals surface area (Å²) >= 11 is 0. The van der Waals surface area contributed by atoms with E-state index in [1.807, 2.05) is 53.3 Å². The van der Waals surface area contributed by atoms with Gasteiger partial charge in [0.05, 0.1) is 41.4 Å². The molecule has 0 aliphatic carbocycles. The third-order valence-corrected chi connectivity index (χ3v) is 7.33. The molecule has 2 atom stereocenters. The highest BCUT2D eigenvalue weighted by Crippen LogP contribution is 2.38. The summed E-state index contributed by atoms with van der Waals surface area (Å²) in [6, 6.07) is 24.5. The van der Waals surface area contributed by atoms with Crippen LogP contribution in [0.1, 0.15) is 64.1 Å². The molecule has 8 nitrogen and oxygen atoms in total. The Kier molecular flexibility index (Phi) is 6.07. The van der Waals surface area contributed by atoms with Gasteiger partial charge in [-0.1, -0.05) is 80.1 Å². The SMILES string of the molecule is CCC(C)[C@H](c1nc2ccccc2n1Cc1cn(Cc2ccccc2)nn1)N1C(=O)c2ccccc2C1=O. The number of hydrogen-bond acceptors (Lipinski definition) is 5. The van der Waals surface area contributed by atoms with Gasteiger partial charge in [-0.15, -0.1) is 5.10 Å². The minimum absolute atomic E-state index is 0.0125. The van der Waals surface area contributed by atoms with E-state index in [1.54, 1.807) is 24.3 Å². The molecule has 0 bridgehead atoms. The van der Waals surface area contributed by atoms with Crippen LogP contribution in [0.25, 0.3) is 11.0 Å². The molecular formula is C30H28N6O2. The number of imidazole rings is 1. The number of carbonyl (C=O) groups is 2. The van der Waals surface area contributed by atoms with Gasteiger partial charge in [-0.25, -0.2) is 9.67 Å². The number of hydrogen-bond donors (Lipinski definition) is 0. The standard InChI is InChI=1S/C30H28N6O2/c1-3-20(2)27(36-29(37)23-13-7-8-14-24(23)30(36)38)28-31-25-15-9-10-16-26(25)35(28)19-22-18-34(33-32-22)17-21-11-5-4-6-12-21/h4-16,18,20,27H,3,17,19H2,1-2H3/t20?,27-/m1/s1. The van der Waals surface area contributed by atoms with Crippen LogP contribution in [0, 0.1) is 5.92 Å². The average molecular weight is 505 g/mol. The van der Waals surface area contributed by atoms with E-state index in [4.69, 9.17) is 4.98 Å². The molecule has 0 N–H and O–H groups in total. The number of nitrogens with zero attached hydrogens (tertiary/aromatic N) is 6. The van der Waals surface area contributed by atoms with Crippen molar-refractivity contribution in [1.82, 2.24) is 29.4 Å². The van der Waals surface area contributed by atoms with Crippen molar-refractivity contribution in [3.63, 3.8) is 0 Å². The number of carbonyl (C=O) groups excluding carboxylic acids is 2. The number of fused-ring (bicyclic) bond motifs is 2. The summed E-state index contributed by atoms with van der Waals surface area (Å²) in [6.45, 7) is 5.17. The summed E-state index contributed by atoms with van der Waals surface area (Å²) in [7, 11) is 0. The minimum atomic E-state index is -0.529. The lowest BCUT2D eigenvalue weighted by Crippen LogP contribution is -2.39. The van der Waals surface area contributed by atoms with Gasteiger partial charge in [0, 0.05) is 0 Å². The molecule has 5 aromatic rings. The maximum Gasteiger partial charge on any atom is 0.262 e. The quantitative estimate of drug-likeness (QED) is 0.274. The van der Waals surface area contributed by atoms with Gasteiger partial charge in [0.2, 0.25) is 0 Å².